The summed E-state index contributed by atoms with van der Waals surface area (Å²) in [6.07, 6.45) is 3.59. The van der Waals surface area contributed by atoms with Crippen molar-refractivity contribution in [2.45, 2.75) is 44.6 Å². The molecule has 0 radical (unpaired) electrons. The van der Waals surface area contributed by atoms with E-state index in [0.717, 1.165) is 24.2 Å². The molecule has 3 rings (SSSR count). The number of carbonyl (C=O) groups excluding carboxylic acids is 4. The molecular formula is C21H28N4O5. The summed E-state index contributed by atoms with van der Waals surface area (Å²) < 4.78 is 4.66. The van der Waals surface area contributed by atoms with Crippen molar-refractivity contribution in [3.05, 3.63) is 24.3 Å². The standard InChI is InChI=1S/C21H28N4O5/c1-4-14-9-11-21(12-10-14)18(27)25(19(28)23-21)13-17(26)22-15-5-7-16(8-6-15)24(2)20(29)30-3/h5-8,14H,4,9-13H2,1-3H3,(H,22,26)(H,23,28). The third-order valence-electron chi connectivity index (χ3n) is 6.07. The number of anilines is 2. The Morgan fingerprint density at radius 2 is 1.87 bits per heavy atom. The average Bonchev–Trinajstić information content (AvgIpc) is 2.97. The monoisotopic (exact) mass is 416 g/mol. The van der Waals surface area contributed by atoms with Gasteiger partial charge in [0.25, 0.3) is 5.91 Å². The van der Waals surface area contributed by atoms with E-state index in [4.69, 9.17) is 0 Å². The van der Waals surface area contributed by atoms with E-state index in [9.17, 15) is 19.2 Å². The van der Waals surface area contributed by atoms with Crippen molar-refractivity contribution in [1.29, 1.82) is 0 Å². The van der Waals surface area contributed by atoms with Gasteiger partial charge in [0, 0.05) is 18.4 Å². The van der Waals surface area contributed by atoms with Crippen LogP contribution in [0.15, 0.2) is 24.3 Å². The molecule has 2 fully saturated rings. The minimum atomic E-state index is -0.858. The van der Waals surface area contributed by atoms with Gasteiger partial charge in [-0.3, -0.25) is 19.4 Å². The van der Waals surface area contributed by atoms with Crippen molar-refractivity contribution in [2.24, 2.45) is 5.92 Å². The van der Waals surface area contributed by atoms with E-state index in [1.165, 1.54) is 12.0 Å². The number of methoxy groups -OCH3 is 1. The molecule has 1 heterocycles. The van der Waals surface area contributed by atoms with Crippen LogP contribution in [0.1, 0.15) is 39.0 Å². The van der Waals surface area contributed by atoms with E-state index < -0.39 is 23.6 Å². The number of urea groups is 1. The number of amides is 5. The Hall–Kier alpha value is -3.10. The average molecular weight is 416 g/mol. The number of hydrogen-bond donors (Lipinski definition) is 2. The van der Waals surface area contributed by atoms with Crippen LogP contribution >= 0.6 is 0 Å². The van der Waals surface area contributed by atoms with Gasteiger partial charge < -0.3 is 15.4 Å². The number of hydrogen-bond acceptors (Lipinski definition) is 5. The molecule has 1 spiro atoms. The molecule has 9 heteroatoms. The molecule has 1 aromatic rings. The predicted octanol–water partition coefficient (Wildman–Crippen LogP) is 2.72. The quantitative estimate of drug-likeness (QED) is 0.718. The van der Waals surface area contributed by atoms with Gasteiger partial charge in [0.1, 0.15) is 12.1 Å². The summed E-state index contributed by atoms with van der Waals surface area (Å²) in [5, 5.41) is 5.51. The molecule has 0 aromatic heterocycles. The van der Waals surface area contributed by atoms with Gasteiger partial charge in [0.05, 0.1) is 7.11 Å². The number of carbonyl (C=O) groups is 4. The molecule has 1 aromatic carbocycles. The minimum Gasteiger partial charge on any atom is -0.452 e. The van der Waals surface area contributed by atoms with Crippen molar-refractivity contribution in [1.82, 2.24) is 10.2 Å². The molecule has 1 aliphatic carbocycles. The van der Waals surface area contributed by atoms with E-state index >= 15 is 0 Å². The third kappa shape index (κ3) is 4.24. The summed E-state index contributed by atoms with van der Waals surface area (Å²) in [6.45, 7) is 1.79. The molecule has 1 aliphatic heterocycles. The molecule has 9 nitrogen and oxygen atoms in total. The van der Waals surface area contributed by atoms with Crippen LogP contribution in [0.5, 0.6) is 0 Å². The minimum absolute atomic E-state index is 0.313. The maximum Gasteiger partial charge on any atom is 0.413 e. The highest BCUT2D eigenvalue weighted by Crippen LogP contribution is 2.37. The molecule has 0 unspecified atom stereocenters. The third-order valence-corrected chi connectivity index (χ3v) is 6.07. The van der Waals surface area contributed by atoms with Gasteiger partial charge >= 0.3 is 12.1 Å². The van der Waals surface area contributed by atoms with Crippen molar-refractivity contribution in [2.75, 3.05) is 30.9 Å². The maximum absolute atomic E-state index is 12.9. The topological polar surface area (TPSA) is 108 Å². The number of ether oxygens (including phenoxy) is 1. The van der Waals surface area contributed by atoms with Gasteiger partial charge in [0.2, 0.25) is 5.91 Å². The zero-order chi connectivity index (χ0) is 21.9. The van der Waals surface area contributed by atoms with E-state index in [-0.39, 0.29) is 12.5 Å². The van der Waals surface area contributed by atoms with Crippen molar-refractivity contribution in [3.63, 3.8) is 0 Å². The summed E-state index contributed by atoms with van der Waals surface area (Å²) in [5.41, 5.74) is 0.231. The lowest BCUT2D eigenvalue weighted by Crippen LogP contribution is -2.49. The molecule has 5 amide bonds. The zero-order valence-electron chi connectivity index (χ0n) is 17.6. The Bertz CT molecular complexity index is 830. The van der Waals surface area contributed by atoms with Crippen molar-refractivity contribution >= 4 is 35.3 Å². The molecule has 1 saturated heterocycles. The van der Waals surface area contributed by atoms with E-state index in [1.807, 2.05) is 0 Å². The van der Waals surface area contributed by atoms with Crippen molar-refractivity contribution < 1.29 is 23.9 Å². The van der Waals surface area contributed by atoms with Crippen LogP contribution in [0.25, 0.3) is 0 Å². The molecule has 2 aliphatic rings. The Morgan fingerprint density at radius 1 is 1.23 bits per heavy atom. The Kier molecular flexibility index (Phi) is 6.28. The second-order valence-electron chi connectivity index (χ2n) is 7.88. The highest BCUT2D eigenvalue weighted by atomic mass is 16.5. The van der Waals surface area contributed by atoms with Crippen LogP contribution in [-0.2, 0) is 14.3 Å². The second kappa shape index (κ2) is 8.73. The van der Waals surface area contributed by atoms with Gasteiger partial charge in [-0.15, -0.1) is 0 Å². The first-order valence-electron chi connectivity index (χ1n) is 10.2. The van der Waals surface area contributed by atoms with Crippen LogP contribution in [0, 0.1) is 5.92 Å². The lowest BCUT2D eigenvalue weighted by atomic mass is 9.75. The normalized spacial score (nSPS) is 23.3. The molecular weight excluding hydrogens is 388 g/mol. The van der Waals surface area contributed by atoms with Gasteiger partial charge in [-0.2, -0.15) is 0 Å². The van der Waals surface area contributed by atoms with Crippen LogP contribution in [0.4, 0.5) is 21.0 Å². The van der Waals surface area contributed by atoms with Crippen LogP contribution in [-0.4, -0.2) is 55.1 Å². The Labute approximate surface area is 175 Å². The lowest BCUT2D eigenvalue weighted by Gasteiger charge is -2.34. The zero-order valence-corrected chi connectivity index (χ0v) is 17.6. The van der Waals surface area contributed by atoms with Gasteiger partial charge in [0.15, 0.2) is 0 Å². The molecule has 30 heavy (non-hydrogen) atoms. The smallest absolute Gasteiger partial charge is 0.413 e. The second-order valence-corrected chi connectivity index (χ2v) is 7.88. The van der Waals surface area contributed by atoms with Gasteiger partial charge in [-0.1, -0.05) is 13.3 Å². The number of nitrogens with zero attached hydrogens (tertiary/aromatic N) is 2. The Balaban J connectivity index is 1.59. The SMILES string of the molecule is CCC1CCC2(CC1)NC(=O)N(CC(=O)Nc1ccc(N(C)C(=O)OC)cc1)C2=O. The van der Waals surface area contributed by atoms with E-state index in [0.29, 0.717) is 30.1 Å². The fourth-order valence-corrected chi connectivity index (χ4v) is 4.09. The van der Waals surface area contributed by atoms with Gasteiger partial charge in [-0.25, -0.2) is 9.59 Å². The predicted molar refractivity (Wildman–Crippen MR) is 111 cm³/mol. The first-order chi connectivity index (χ1) is 14.3. The number of benzene rings is 1. The first kappa shape index (κ1) is 21.6. The Morgan fingerprint density at radius 3 is 2.43 bits per heavy atom. The first-order valence-corrected chi connectivity index (χ1v) is 10.2. The summed E-state index contributed by atoms with van der Waals surface area (Å²) in [7, 11) is 2.86. The van der Waals surface area contributed by atoms with Crippen LogP contribution < -0.4 is 15.5 Å². The molecule has 0 bridgehead atoms. The van der Waals surface area contributed by atoms with Crippen LogP contribution in [0.2, 0.25) is 0 Å². The highest BCUT2D eigenvalue weighted by Gasteiger charge is 2.52. The van der Waals surface area contributed by atoms with Crippen molar-refractivity contribution in [3.8, 4) is 0 Å². The molecule has 1 saturated carbocycles. The lowest BCUT2D eigenvalue weighted by molar-refractivity contribution is -0.135. The highest BCUT2D eigenvalue weighted by molar-refractivity contribution is 6.10. The van der Waals surface area contributed by atoms with E-state index in [1.54, 1.807) is 31.3 Å². The molecule has 0 atom stereocenters. The summed E-state index contributed by atoms with van der Waals surface area (Å²) in [6, 6.07) is 6.06. The number of rotatable bonds is 5. The largest absolute Gasteiger partial charge is 0.452 e. The maximum atomic E-state index is 12.9. The van der Waals surface area contributed by atoms with E-state index in [2.05, 4.69) is 22.3 Å². The molecule has 2 N–H and O–H groups in total. The number of imide groups is 1. The summed E-state index contributed by atoms with van der Waals surface area (Å²) >= 11 is 0. The van der Waals surface area contributed by atoms with Crippen LogP contribution in [0.3, 0.4) is 0 Å². The molecule has 162 valence electrons. The fraction of sp³-hybridized carbons (Fsp3) is 0.524. The fourth-order valence-electron chi connectivity index (χ4n) is 4.09. The number of nitrogens with one attached hydrogen (secondary N) is 2. The summed E-state index contributed by atoms with van der Waals surface area (Å²) in [5.74, 6) is -0.196. The summed E-state index contributed by atoms with van der Waals surface area (Å²) in [4.78, 5) is 51.6. The van der Waals surface area contributed by atoms with Gasteiger partial charge in [-0.05, 0) is 55.9 Å².